The fourth-order valence-corrected chi connectivity index (χ4v) is 5.88. The number of halogens is 4. The van der Waals surface area contributed by atoms with E-state index in [0.717, 1.165) is 19.3 Å². The van der Waals surface area contributed by atoms with Crippen LogP contribution >= 0.6 is 44.8 Å². The smallest absolute Gasteiger partial charge is 0.126 e. The fraction of sp³-hybridized carbons (Fsp3) is 0.714. The van der Waals surface area contributed by atoms with Gasteiger partial charge in [0.15, 0.2) is 0 Å². The summed E-state index contributed by atoms with van der Waals surface area (Å²) in [5, 5.41) is -0.228. The first-order valence-corrected chi connectivity index (χ1v) is 9.36. The first kappa shape index (κ1) is 11.2. The monoisotopic (exact) mass is 262 g/mol. The van der Waals surface area contributed by atoms with Crippen LogP contribution in [-0.4, -0.2) is 11.9 Å². The quantitative estimate of drug-likeness (QED) is 0.301. The van der Waals surface area contributed by atoms with Crippen LogP contribution < -0.4 is 0 Å². The highest BCUT2D eigenvalue weighted by Crippen LogP contribution is 2.54. The number of hydrogen-bond acceptors (Lipinski definition) is 0. The first-order chi connectivity index (χ1) is 5.52. The molecule has 0 N–H and O–H groups in total. The van der Waals surface area contributed by atoms with E-state index in [0.29, 0.717) is 5.88 Å². The van der Waals surface area contributed by atoms with E-state index in [1.807, 2.05) is 0 Å². The molecule has 0 radical (unpaired) electrons. The van der Waals surface area contributed by atoms with Crippen LogP contribution in [0, 0.1) is 0 Å². The lowest BCUT2D eigenvalue weighted by atomic mass is 9.95. The van der Waals surface area contributed by atoms with Crippen molar-refractivity contribution in [3.63, 3.8) is 0 Å². The second-order valence-electron chi connectivity index (χ2n) is 3.13. The number of rotatable bonds is 2. The third-order valence-electron chi connectivity index (χ3n) is 2.32. The van der Waals surface area contributed by atoms with Gasteiger partial charge in [0.05, 0.1) is 0 Å². The van der Waals surface area contributed by atoms with Gasteiger partial charge in [0, 0.05) is 10.9 Å². The molecule has 1 rings (SSSR count). The molecule has 70 valence electrons. The normalized spacial score (nSPS) is 30.7. The molecule has 0 aromatic heterocycles. The highest BCUT2D eigenvalue weighted by molar-refractivity contribution is 7.65. The summed E-state index contributed by atoms with van der Waals surface area (Å²) < 4.78 is 0. The highest BCUT2D eigenvalue weighted by atomic mass is 35.8. The first-order valence-electron chi connectivity index (χ1n) is 3.79. The van der Waals surface area contributed by atoms with Crippen molar-refractivity contribution in [2.45, 2.75) is 24.3 Å². The van der Waals surface area contributed by atoms with Crippen molar-refractivity contribution in [1.29, 1.82) is 0 Å². The predicted molar refractivity (Wildman–Crippen MR) is 59.7 cm³/mol. The molecular weight excluding hydrogens is 254 g/mol. The van der Waals surface area contributed by atoms with Crippen molar-refractivity contribution in [2.24, 2.45) is 0 Å². The predicted octanol–water partition coefficient (Wildman–Crippen LogP) is 4.36. The SMILES string of the molecule is ClCC1([Si](Cl)(Cl)Cl)CC=CCC1. The molecular formula is C7H10Cl4Si. The molecule has 0 aromatic carbocycles. The van der Waals surface area contributed by atoms with Crippen LogP contribution in [0.1, 0.15) is 19.3 Å². The molecule has 0 heterocycles. The number of hydrogen-bond donors (Lipinski definition) is 0. The molecule has 0 aliphatic heterocycles. The van der Waals surface area contributed by atoms with Crippen molar-refractivity contribution in [2.75, 3.05) is 5.88 Å². The van der Waals surface area contributed by atoms with Crippen LogP contribution in [0.5, 0.6) is 0 Å². The van der Waals surface area contributed by atoms with Crippen LogP contribution in [0.15, 0.2) is 12.2 Å². The number of alkyl halides is 1. The second kappa shape index (κ2) is 4.10. The van der Waals surface area contributed by atoms with Gasteiger partial charge in [-0.2, -0.15) is 0 Å². The second-order valence-corrected chi connectivity index (χ2v) is 12.3. The molecule has 1 aliphatic carbocycles. The van der Waals surface area contributed by atoms with Crippen LogP contribution in [0.2, 0.25) is 5.04 Å². The van der Waals surface area contributed by atoms with E-state index >= 15 is 0 Å². The average Bonchev–Trinajstić information content (AvgIpc) is 2.04. The summed E-state index contributed by atoms with van der Waals surface area (Å²) in [5.41, 5.74) is 0. The van der Waals surface area contributed by atoms with Crippen molar-refractivity contribution >= 4 is 50.8 Å². The zero-order valence-corrected chi connectivity index (χ0v) is 10.5. The van der Waals surface area contributed by atoms with E-state index in [1.165, 1.54) is 0 Å². The molecule has 0 fully saturated rings. The van der Waals surface area contributed by atoms with E-state index in [1.54, 1.807) is 0 Å². The van der Waals surface area contributed by atoms with Gasteiger partial charge < -0.3 is 0 Å². The highest BCUT2D eigenvalue weighted by Gasteiger charge is 2.50. The molecule has 5 heteroatoms. The Bertz CT molecular complexity index is 186. The van der Waals surface area contributed by atoms with Gasteiger partial charge >= 0.3 is 6.00 Å². The zero-order chi connectivity index (χ0) is 9.24. The van der Waals surface area contributed by atoms with Crippen molar-refractivity contribution < 1.29 is 0 Å². The molecule has 1 aliphatic rings. The summed E-state index contributed by atoms with van der Waals surface area (Å²) in [6, 6.07) is -2.67. The van der Waals surface area contributed by atoms with E-state index in [9.17, 15) is 0 Å². The molecule has 0 saturated heterocycles. The van der Waals surface area contributed by atoms with Crippen LogP contribution in [0.25, 0.3) is 0 Å². The Kier molecular flexibility index (Phi) is 3.82. The lowest BCUT2D eigenvalue weighted by molar-refractivity contribution is 0.550. The minimum atomic E-state index is -2.67. The van der Waals surface area contributed by atoms with Crippen molar-refractivity contribution in [3.05, 3.63) is 12.2 Å². The standard InChI is InChI=1S/C7H10Cl4Si/c8-6-7(12(9,10)11)4-2-1-3-5-7/h1-2H,3-6H2. The average molecular weight is 264 g/mol. The van der Waals surface area contributed by atoms with Gasteiger partial charge in [-0.15, -0.1) is 44.8 Å². The zero-order valence-electron chi connectivity index (χ0n) is 6.49. The summed E-state index contributed by atoms with van der Waals surface area (Å²) in [6.07, 6.45) is 6.90. The molecule has 0 nitrogen and oxygen atoms in total. The Morgan fingerprint density at radius 1 is 1.25 bits per heavy atom. The van der Waals surface area contributed by atoms with E-state index in [-0.39, 0.29) is 5.04 Å². The maximum Gasteiger partial charge on any atom is 0.348 e. The van der Waals surface area contributed by atoms with E-state index < -0.39 is 6.00 Å². The van der Waals surface area contributed by atoms with E-state index in [2.05, 4.69) is 12.2 Å². The summed E-state index contributed by atoms with van der Waals surface area (Å²) >= 11 is 23.9. The largest absolute Gasteiger partial charge is 0.348 e. The Hall–Kier alpha value is 1.12. The summed E-state index contributed by atoms with van der Waals surface area (Å²) in [7, 11) is 0. The molecule has 0 bridgehead atoms. The minimum absolute atomic E-state index is 0.228. The van der Waals surface area contributed by atoms with Crippen LogP contribution in [-0.2, 0) is 0 Å². The molecule has 0 saturated carbocycles. The molecule has 1 atom stereocenters. The Labute approximate surface area is 92.9 Å². The summed E-state index contributed by atoms with van der Waals surface area (Å²) in [5.74, 6) is 0.458. The van der Waals surface area contributed by atoms with Gasteiger partial charge in [-0.1, -0.05) is 12.2 Å². The van der Waals surface area contributed by atoms with E-state index in [4.69, 9.17) is 44.8 Å². The molecule has 12 heavy (non-hydrogen) atoms. The Morgan fingerprint density at radius 2 is 1.92 bits per heavy atom. The van der Waals surface area contributed by atoms with Crippen LogP contribution in [0.4, 0.5) is 0 Å². The van der Waals surface area contributed by atoms with Gasteiger partial charge in [0.1, 0.15) is 0 Å². The Morgan fingerprint density at radius 3 is 2.17 bits per heavy atom. The Balaban J connectivity index is 2.82. The lowest BCUT2D eigenvalue weighted by Crippen LogP contribution is -2.35. The summed E-state index contributed by atoms with van der Waals surface area (Å²) in [6.45, 7) is 0. The molecule has 1 unspecified atom stereocenters. The van der Waals surface area contributed by atoms with Gasteiger partial charge in [0.2, 0.25) is 0 Å². The van der Waals surface area contributed by atoms with Gasteiger partial charge in [0.25, 0.3) is 0 Å². The lowest BCUT2D eigenvalue weighted by Gasteiger charge is -2.37. The van der Waals surface area contributed by atoms with Crippen LogP contribution in [0.3, 0.4) is 0 Å². The van der Waals surface area contributed by atoms with Gasteiger partial charge in [-0.05, 0) is 19.3 Å². The fourth-order valence-electron chi connectivity index (χ4n) is 1.34. The van der Waals surface area contributed by atoms with Gasteiger partial charge in [-0.3, -0.25) is 0 Å². The number of allylic oxidation sites excluding steroid dienone is 2. The maximum atomic E-state index is 6.02. The van der Waals surface area contributed by atoms with Crippen molar-refractivity contribution in [3.8, 4) is 0 Å². The van der Waals surface area contributed by atoms with Gasteiger partial charge in [-0.25, -0.2) is 0 Å². The third kappa shape index (κ3) is 2.13. The molecule has 0 spiro atoms. The maximum absolute atomic E-state index is 6.02. The van der Waals surface area contributed by atoms with Crippen molar-refractivity contribution in [1.82, 2.24) is 0 Å². The summed E-state index contributed by atoms with van der Waals surface area (Å²) in [4.78, 5) is 0. The minimum Gasteiger partial charge on any atom is -0.126 e. The molecule has 0 aromatic rings. The topological polar surface area (TPSA) is 0 Å². The third-order valence-corrected chi connectivity index (χ3v) is 8.50. The molecule has 0 amide bonds.